The Labute approximate surface area is 134 Å². The van der Waals surface area contributed by atoms with Crippen LogP contribution in [-0.2, 0) is 6.42 Å². The Morgan fingerprint density at radius 1 is 0.909 bits per heavy atom. The lowest BCUT2D eigenvalue weighted by Crippen LogP contribution is -1.99. The van der Waals surface area contributed by atoms with Crippen LogP contribution in [0.2, 0.25) is 0 Å². The molecule has 0 fully saturated rings. The maximum atomic E-state index is 5.37. The molecule has 0 aliphatic rings. The smallest absolute Gasteiger partial charge is 0.160 e. The molecule has 0 spiro atoms. The molecule has 0 N–H and O–H groups in total. The number of ether oxygens (including phenoxy) is 2. The lowest BCUT2D eigenvalue weighted by Gasteiger charge is -2.15. The summed E-state index contributed by atoms with van der Waals surface area (Å²) in [5.74, 6) is 2.26. The number of methoxy groups -OCH3 is 2. The van der Waals surface area contributed by atoms with Gasteiger partial charge in [0.1, 0.15) is 0 Å². The van der Waals surface area contributed by atoms with Gasteiger partial charge in [0.05, 0.1) is 14.2 Å². The quantitative estimate of drug-likeness (QED) is 0.665. The van der Waals surface area contributed by atoms with E-state index in [2.05, 4.69) is 49.4 Å². The second-order valence-electron chi connectivity index (χ2n) is 5.60. The molecule has 2 aromatic rings. The molecule has 0 aliphatic carbocycles. The highest BCUT2D eigenvalue weighted by atomic mass is 16.5. The molecule has 2 rings (SSSR count). The number of hydrogen-bond donors (Lipinski definition) is 0. The van der Waals surface area contributed by atoms with Crippen LogP contribution in [0, 0.1) is 0 Å². The third kappa shape index (κ3) is 4.27. The molecular formula is C20H26O2. The summed E-state index contributed by atoms with van der Waals surface area (Å²) in [4.78, 5) is 0. The zero-order valence-electron chi connectivity index (χ0n) is 13.8. The Morgan fingerprint density at radius 3 is 2.27 bits per heavy atom. The summed E-state index contributed by atoms with van der Waals surface area (Å²) < 4.78 is 10.7. The van der Waals surface area contributed by atoms with Crippen molar-refractivity contribution in [1.82, 2.24) is 0 Å². The van der Waals surface area contributed by atoms with Crippen molar-refractivity contribution in [2.45, 2.75) is 38.5 Å². The summed E-state index contributed by atoms with van der Waals surface area (Å²) in [5.41, 5.74) is 2.76. The van der Waals surface area contributed by atoms with Crippen LogP contribution in [0.5, 0.6) is 11.5 Å². The van der Waals surface area contributed by atoms with Gasteiger partial charge in [0, 0.05) is 0 Å². The van der Waals surface area contributed by atoms with E-state index < -0.39 is 0 Å². The van der Waals surface area contributed by atoms with Gasteiger partial charge in [-0.25, -0.2) is 0 Å². The maximum absolute atomic E-state index is 5.37. The molecule has 22 heavy (non-hydrogen) atoms. The lowest BCUT2D eigenvalue weighted by molar-refractivity contribution is 0.354. The summed E-state index contributed by atoms with van der Waals surface area (Å²) in [6.07, 6.45) is 4.66. The Balaban J connectivity index is 1.93. The fraction of sp³-hybridized carbons (Fsp3) is 0.400. The predicted molar refractivity (Wildman–Crippen MR) is 92.0 cm³/mol. The number of rotatable bonds is 8. The summed E-state index contributed by atoms with van der Waals surface area (Å²) in [7, 11) is 3.35. The van der Waals surface area contributed by atoms with Crippen molar-refractivity contribution >= 4 is 0 Å². The standard InChI is InChI=1S/C20H26O2/c1-4-17(18-10-6-5-7-11-18)12-8-9-16-13-14-19(21-2)20(15-16)22-3/h5-7,10-11,13-15,17H,4,8-9,12H2,1-3H3. The van der Waals surface area contributed by atoms with Crippen molar-refractivity contribution in [2.24, 2.45) is 0 Å². The largest absolute Gasteiger partial charge is 0.493 e. The average molecular weight is 298 g/mol. The van der Waals surface area contributed by atoms with E-state index in [1.807, 2.05) is 6.07 Å². The van der Waals surface area contributed by atoms with Crippen molar-refractivity contribution in [1.29, 1.82) is 0 Å². The minimum absolute atomic E-state index is 0.654. The molecular weight excluding hydrogens is 272 g/mol. The van der Waals surface area contributed by atoms with Crippen LogP contribution in [0.3, 0.4) is 0 Å². The molecule has 0 aliphatic heterocycles. The Morgan fingerprint density at radius 2 is 1.64 bits per heavy atom. The third-order valence-electron chi connectivity index (χ3n) is 4.23. The van der Waals surface area contributed by atoms with Gasteiger partial charge >= 0.3 is 0 Å². The van der Waals surface area contributed by atoms with Crippen LogP contribution in [0.25, 0.3) is 0 Å². The second-order valence-corrected chi connectivity index (χ2v) is 5.60. The molecule has 2 nitrogen and oxygen atoms in total. The highest BCUT2D eigenvalue weighted by Crippen LogP contribution is 2.29. The molecule has 2 heteroatoms. The van der Waals surface area contributed by atoms with Crippen LogP contribution in [0.4, 0.5) is 0 Å². The van der Waals surface area contributed by atoms with E-state index in [-0.39, 0.29) is 0 Å². The maximum Gasteiger partial charge on any atom is 0.160 e. The monoisotopic (exact) mass is 298 g/mol. The van der Waals surface area contributed by atoms with E-state index in [1.165, 1.54) is 30.4 Å². The first kappa shape index (κ1) is 16.4. The zero-order valence-corrected chi connectivity index (χ0v) is 13.8. The molecule has 0 radical (unpaired) electrons. The number of hydrogen-bond acceptors (Lipinski definition) is 2. The van der Waals surface area contributed by atoms with Crippen LogP contribution in [0.15, 0.2) is 48.5 Å². The van der Waals surface area contributed by atoms with E-state index in [4.69, 9.17) is 9.47 Å². The van der Waals surface area contributed by atoms with Gasteiger partial charge in [0.25, 0.3) is 0 Å². The molecule has 0 bridgehead atoms. The van der Waals surface area contributed by atoms with Crippen molar-refractivity contribution in [2.75, 3.05) is 14.2 Å². The number of benzene rings is 2. The van der Waals surface area contributed by atoms with Crippen molar-refractivity contribution in [3.63, 3.8) is 0 Å². The molecule has 118 valence electrons. The molecule has 0 heterocycles. The van der Waals surface area contributed by atoms with Gasteiger partial charge in [-0.05, 0) is 54.9 Å². The van der Waals surface area contributed by atoms with E-state index in [0.29, 0.717) is 5.92 Å². The van der Waals surface area contributed by atoms with Gasteiger partial charge in [-0.2, -0.15) is 0 Å². The van der Waals surface area contributed by atoms with Gasteiger partial charge in [-0.1, -0.05) is 43.3 Å². The predicted octanol–water partition coefficient (Wildman–Crippen LogP) is 5.22. The van der Waals surface area contributed by atoms with Gasteiger partial charge < -0.3 is 9.47 Å². The number of aryl methyl sites for hydroxylation is 1. The normalized spacial score (nSPS) is 12.0. The van der Waals surface area contributed by atoms with Crippen molar-refractivity contribution in [3.8, 4) is 11.5 Å². The fourth-order valence-electron chi connectivity index (χ4n) is 2.92. The highest BCUT2D eigenvalue weighted by molar-refractivity contribution is 5.42. The van der Waals surface area contributed by atoms with Crippen LogP contribution in [0.1, 0.15) is 43.2 Å². The minimum Gasteiger partial charge on any atom is -0.493 e. The van der Waals surface area contributed by atoms with Crippen LogP contribution in [-0.4, -0.2) is 14.2 Å². The fourth-order valence-corrected chi connectivity index (χ4v) is 2.92. The first-order valence-electron chi connectivity index (χ1n) is 8.04. The molecule has 1 unspecified atom stereocenters. The Hall–Kier alpha value is -1.96. The molecule has 0 saturated carbocycles. The highest BCUT2D eigenvalue weighted by Gasteiger charge is 2.09. The SMILES string of the molecule is CCC(CCCc1ccc(OC)c(OC)c1)c1ccccc1. The van der Waals surface area contributed by atoms with Crippen LogP contribution >= 0.6 is 0 Å². The molecule has 0 amide bonds. The topological polar surface area (TPSA) is 18.5 Å². The zero-order chi connectivity index (χ0) is 15.8. The van der Waals surface area contributed by atoms with Crippen molar-refractivity contribution in [3.05, 3.63) is 59.7 Å². The van der Waals surface area contributed by atoms with Gasteiger partial charge in [0.2, 0.25) is 0 Å². The van der Waals surface area contributed by atoms with E-state index >= 15 is 0 Å². The van der Waals surface area contributed by atoms with E-state index in [0.717, 1.165) is 17.9 Å². The summed E-state index contributed by atoms with van der Waals surface area (Å²) in [5, 5.41) is 0. The second kappa shape index (κ2) is 8.47. The van der Waals surface area contributed by atoms with E-state index in [9.17, 15) is 0 Å². The summed E-state index contributed by atoms with van der Waals surface area (Å²) in [6, 6.07) is 17.0. The molecule has 0 aromatic heterocycles. The third-order valence-corrected chi connectivity index (χ3v) is 4.23. The van der Waals surface area contributed by atoms with E-state index in [1.54, 1.807) is 14.2 Å². The minimum atomic E-state index is 0.654. The van der Waals surface area contributed by atoms with Crippen molar-refractivity contribution < 1.29 is 9.47 Å². The first-order chi connectivity index (χ1) is 10.8. The molecule has 2 aromatic carbocycles. The molecule has 1 atom stereocenters. The van der Waals surface area contributed by atoms with Gasteiger partial charge in [-0.15, -0.1) is 0 Å². The Kier molecular flexibility index (Phi) is 6.32. The van der Waals surface area contributed by atoms with Gasteiger partial charge in [0.15, 0.2) is 11.5 Å². The van der Waals surface area contributed by atoms with Gasteiger partial charge in [-0.3, -0.25) is 0 Å². The molecule has 0 saturated heterocycles. The average Bonchev–Trinajstić information content (AvgIpc) is 2.59. The van der Waals surface area contributed by atoms with Crippen LogP contribution < -0.4 is 9.47 Å². The Bertz CT molecular complexity index is 563. The summed E-state index contributed by atoms with van der Waals surface area (Å²) in [6.45, 7) is 2.27. The first-order valence-corrected chi connectivity index (χ1v) is 8.04. The lowest BCUT2D eigenvalue weighted by atomic mass is 9.90. The summed E-state index contributed by atoms with van der Waals surface area (Å²) >= 11 is 0.